The van der Waals surface area contributed by atoms with Gasteiger partial charge in [-0.3, -0.25) is 4.79 Å². The Morgan fingerprint density at radius 2 is 2.00 bits per heavy atom. The van der Waals surface area contributed by atoms with Crippen LogP contribution in [0.5, 0.6) is 0 Å². The van der Waals surface area contributed by atoms with Crippen LogP contribution in [0.2, 0.25) is 5.02 Å². The molecule has 0 aliphatic carbocycles. The first-order chi connectivity index (χ1) is 11.8. The maximum atomic E-state index is 12.6. The molecule has 2 aliphatic heterocycles. The van der Waals surface area contributed by atoms with Gasteiger partial charge >= 0.3 is 6.18 Å². The normalized spacial score (nSPS) is 25.7. The highest BCUT2D eigenvalue weighted by atomic mass is 35.5. The van der Waals surface area contributed by atoms with E-state index in [0.29, 0.717) is 12.1 Å². The van der Waals surface area contributed by atoms with Crippen LogP contribution in [0.1, 0.15) is 37.7 Å². The maximum Gasteiger partial charge on any atom is 0.417 e. The van der Waals surface area contributed by atoms with Crippen molar-refractivity contribution in [1.29, 1.82) is 0 Å². The Kier molecular flexibility index (Phi) is 5.38. The third-order valence-electron chi connectivity index (χ3n) is 4.65. The highest BCUT2D eigenvalue weighted by molar-refractivity contribution is 6.32. The van der Waals surface area contributed by atoms with E-state index in [1.165, 1.54) is 0 Å². The van der Waals surface area contributed by atoms with Crippen molar-refractivity contribution in [1.82, 2.24) is 15.6 Å². The summed E-state index contributed by atoms with van der Waals surface area (Å²) in [5.41, 5.74) is -0.902. The zero-order chi connectivity index (χ0) is 18.0. The van der Waals surface area contributed by atoms with Crippen molar-refractivity contribution in [3.63, 3.8) is 0 Å². The summed E-state index contributed by atoms with van der Waals surface area (Å²) >= 11 is 5.81. The number of carbonyl (C=O) groups excluding carboxylic acids is 1. The molecule has 2 fully saturated rings. The van der Waals surface area contributed by atoms with Crippen molar-refractivity contribution in [2.24, 2.45) is 0 Å². The zero-order valence-corrected chi connectivity index (χ0v) is 14.3. The van der Waals surface area contributed by atoms with E-state index < -0.39 is 11.7 Å². The lowest BCUT2D eigenvalue weighted by Gasteiger charge is -2.29. The molecule has 138 valence electrons. The quantitative estimate of drug-likeness (QED) is 0.739. The molecule has 5 nitrogen and oxygen atoms in total. The number of piperidine rings is 1. The number of aromatic nitrogens is 1. The maximum absolute atomic E-state index is 12.6. The van der Waals surface area contributed by atoms with Gasteiger partial charge in [-0.05, 0) is 31.7 Å². The van der Waals surface area contributed by atoms with Crippen molar-refractivity contribution in [2.45, 2.75) is 56.4 Å². The first-order valence-corrected chi connectivity index (χ1v) is 8.71. The number of hydrogen-bond donors (Lipinski definition) is 3. The van der Waals surface area contributed by atoms with Gasteiger partial charge in [0.15, 0.2) is 0 Å². The van der Waals surface area contributed by atoms with E-state index in [9.17, 15) is 18.0 Å². The summed E-state index contributed by atoms with van der Waals surface area (Å²) in [5, 5.41) is 9.23. The minimum Gasteiger partial charge on any atom is -0.368 e. The number of pyridine rings is 1. The second kappa shape index (κ2) is 7.37. The summed E-state index contributed by atoms with van der Waals surface area (Å²) in [5.74, 6) is 0.0595. The van der Waals surface area contributed by atoms with Gasteiger partial charge in [0.1, 0.15) is 5.82 Å². The van der Waals surface area contributed by atoms with Crippen LogP contribution in [0, 0.1) is 0 Å². The summed E-state index contributed by atoms with van der Waals surface area (Å²) in [6, 6.07) is 2.01. The number of carbonyl (C=O) groups is 1. The number of nitrogens with zero attached hydrogens (tertiary/aromatic N) is 1. The van der Waals surface area contributed by atoms with E-state index in [1.54, 1.807) is 0 Å². The summed E-state index contributed by atoms with van der Waals surface area (Å²) in [4.78, 5) is 15.7. The highest BCUT2D eigenvalue weighted by Gasteiger charge is 2.34. The molecule has 2 aliphatic rings. The van der Waals surface area contributed by atoms with E-state index in [-0.39, 0.29) is 35.8 Å². The average molecular weight is 377 g/mol. The van der Waals surface area contributed by atoms with E-state index in [2.05, 4.69) is 20.9 Å². The van der Waals surface area contributed by atoms with Crippen LogP contribution in [-0.2, 0) is 11.0 Å². The van der Waals surface area contributed by atoms with Crippen LogP contribution in [0.4, 0.5) is 19.0 Å². The molecule has 2 unspecified atom stereocenters. The number of amides is 1. The molecule has 0 aromatic carbocycles. The Morgan fingerprint density at radius 1 is 1.32 bits per heavy atom. The fraction of sp³-hybridized carbons (Fsp3) is 0.625. The van der Waals surface area contributed by atoms with Gasteiger partial charge in [0.05, 0.1) is 10.6 Å². The fourth-order valence-corrected chi connectivity index (χ4v) is 3.73. The van der Waals surface area contributed by atoms with Crippen molar-refractivity contribution in [3.05, 3.63) is 22.8 Å². The molecular weight excluding hydrogens is 357 g/mol. The SMILES string of the molecule is O=C(CCNc1ncc(C(F)(F)F)cc1Cl)NC1CC2CCC(C1)N2. The van der Waals surface area contributed by atoms with Crippen molar-refractivity contribution < 1.29 is 18.0 Å². The molecule has 25 heavy (non-hydrogen) atoms. The number of rotatable bonds is 5. The van der Waals surface area contributed by atoms with Crippen LogP contribution in [0.3, 0.4) is 0 Å². The average Bonchev–Trinajstić information content (AvgIpc) is 2.86. The van der Waals surface area contributed by atoms with Gasteiger partial charge in [0.25, 0.3) is 0 Å². The lowest BCUT2D eigenvalue weighted by molar-refractivity contribution is -0.137. The molecule has 0 saturated carbocycles. The van der Waals surface area contributed by atoms with Crippen molar-refractivity contribution in [3.8, 4) is 0 Å². The lowest BCUT2D eigenvalue weighted by Crippen LogP contribution is -2.48. The molecule has 3 N–H and O–H groups in total. The minimum atomic E-state index is -4.48. The highest BCUT2D eigenvalue weighted by Crippen LogP contribution is 2.32. The van der Waals surface area contributed by atoms with Crippen LogP contribution < -0.4 is 16.0 Å². The van der Waals surface area contributed by atoms with Gasteiger partial charge in [0.2, 0.25) is 5.91 Å². The van der Waals surface area contributed by atoms with Crippen LogP contribution in [0.15, 0.2) is 12.3 Å². The fourth-order valence-electron chi connectivity index (χ4n) is 3.49. The largest absolute Gasteiger partial charge is 0.417 e. The molecule has 1 aromatic rings. The predicted molar refractivity (Wildman–Crippen MR) is 88.5 cm³/mol. The van der Waals surface area contributed by atoms with Crippen LogP contribution >= 0.6 is 11.6 Å². The van der Waals surface area contributed by atoms with Crippen molar-refractivity contribution >= 4 is 23.3 Å². The van der Waals surface area contributed by atoms with Gasteiger partial charge < -0.3 is 16.0 Å². The molecule has 3 heterocycles. The summed E-state index contributed by atoms with van der Waals surface area (Å²) in [7, 11) is 0. The second-order valence-corrected chi connectivity index (χ2v) is 7.01. The molecule has 0 radical (unpaired) electrons. The number of nitrogens with one attached hydrogen (secondary N) is 3. The Morgan fingerprint density at radius 3 is 2.60 bits per heavy atom. The van der Waals surface area contributed by atoms with E-state index >= 15 is 0 Å². The smallest absolute Gasteiger partial charge is 0.368 e. The molecule has 2 atom stereocenters. The van der Waals surface area contributed by atoms with Crippen molar-refractivity contribution in [2.75, 3.05) is 11.9 Å². The van der Waals surface area contributed by atoms with Crippen LogP contribution in [-0.4, -0.2) is 35.6 Å². The first kappa shape index (κ1) is 18.3. The topological polar surface area (TPSA) is 66.0 Å². The molecule has 2 bridgehead atoms. The zero-order valence-electron chi connectivity index (χ0n) is 13.5. The summed E-state index contributed by atoms with van der Waals surface area (Å²) in [6.07, 6.45) is 0.665. The predicted octanol–water partition coefficient (Wildman–Crippen LogP) is 2.96. The first-order valence-electron chi connectivity index (χ1n) is 8.33. The number of hydrogen-bond acceptors (Lipinski definition) is 4. The summed E-state index contributed by atoms with van der Waals surface area (Å²) < 4.78 is 37.7. The van der Waals surface area contributed by atoms with Crippen LogP contribution in [0.25, 0.3) is 0 Å². The molecule has 2 saturated heterocycles. The molecule has 1 amide bonds. The third kappa shape index (κ3) is 4.76. The Bertz CT molecular complexity index is 628. The second-order valence-electron chi connectivity index (χ2n) is 6.60. The van der Waals surface area contributed by atoms with Gasteiger partial charge in [-0.2, -0.15) is 13.2 Å². The number of fused-ring (bicyclic) bond motifs is 2. The third-order valence-corrected chi connectivity index (χ3v) is 4.94. The Labute approximate surface area is 148 Å². The standard InChI is InChI=1S/C16H20ClF3N4O/c17-13-5-9(16(18,19)20)8-22-15(13)21-4-3-14(25)24-12-6-10-1-2-11(7-12)23-10/h5,8,10-12,23H,1-4,6-7H2,(H,21,22)(H,24,25). The van der Waals surface area contributed by atoms with Gasteiger partial charge in [-0.25, -0.2) is 4.98 Å². The van der Waals surface area contributed by atoms with Gasteiger partial charge in [0, 0.05) is 37.3 Å². The molecule has 9 heteroatoms. The minimum absolute atomic E-state index is 0.0816. The van der Waals surface area contributed by atoms with Gasteiger partial charge in [-0.1, -0.05) is 11.6 Å². The van der Waals surface area contributed by atoms with E-state index in [0.717, 1.165) is 37.9 Å². The Hall–Kier alpha value is -1.54. The van der Waals surface area contributed by atoms with E-state index in [1.807, 2.05) is 0 Å². The Balaban J connectivity index is 1.44. The molecule has 3 rings (SSSR count). The van der Waals surface area contributed by atoms with Gasteiger partial charge in [-0.15, -0.1) is 0 Å². The molecular formula is C16H20ClF3N4O. The number of anilines is 1. The molecule has 1 aromatic heterocycles. The number of halogens is 4. The summed E-state index contributed by atoms with van der Waals surface area (Å²) in [6.45, 7) is 0.252. The monoisotopic (exact) mass is 376 g/mol. The number of alkyl halides is 3. The lowest BCUT2D eigenvalue weighted by atomic mass is 10.00. The van der Waals surface area contributed by atoms with E-state index in [4.69, 9.17) is 11.6 Å². The molecule has 0 spiro atoms.